The van der Waals surface area contributed by atoms with E-state index in [0.717, 1.165) is 0 Å². The highest BCUT2D eigenvalue weighted by atomic mass is 31.1. The van der Waals surface area contributed by atoms with E-state index in [1.807, 2.05) is 0 Å². The molecule has 1 unspecified atom stereocenters. The van der Waals surface area contributed by atoms with E-state index in [4.69, 9.17) is 14.4 Å². The Kier molecular flexibility index (Phi) is 3.08. The monoisotopic (exact) mass is 289 g/mol. The number of aromatic nitrogens is 2. The molecular formula is C9H10N2O7P+. The second kappa shape index (κ2) is 4.62. The Balaban J connectivity index is 1.76. The summed E-state index contributed by atoms with van der Waals surface area (Å²) in [5.41, 5.74) is -1.09. The molecule has 2 saturated heterocycles. The van der Waals surface area contributed by atoms with Gasteiger partial charge in [-0.25, -0.2) is 4.79 Å². The number of epoxide rings is 1. The van der Waals surface area contributed by atoms with Crippen molar-refractivity contribution in [3.63, 3.8) is 0 Å². The van der Waals surface area contributed by atoms with Crippen LogP contribution in [0, 0.1) is 0 Å². The number of H-pyrrole nitrogens is 1. The molecule has 9 nitrogen and oxygen atoms in total. The van der Waals surface area contributed by atoms with Crippen LogP contribution in [0.5, 0.6) is 0 Å². The summed E-state index contributed by atoms with van der Waals surface area (Å²) in [5, 5.41) is 0. The first kappa shape index (κ1) is 12.6. The zero-order valence-corrected chi connectivity index (χ0v) is 10.4. The minimum Gasteiger partial charge on any atom is -0.362 e. The highest BCUT2D eigenvalue weighted by molar-refractivity contribution is 7.32. The average Bonchev–Trinajstić information content (AvgIpc) is 3.04. The van der Waals surface area contributed by atoms with E-state index in [1.54, 1.807) is 0 Å². The average molecular weight is 289 g/mol. The number of hydrogen-bond donors (Lipinski definition) is 2. The number of ether oxygens (including phenoxy) is 2. The SMILES string of the molecule is O=c1ccn([C@@H]2O[C@H](CO[P+](=O)O)[C@@H]3O[C@@H]32)c(=O)[nH]1. The Bertz CT molecular complexity index is 625. The highest BCUT2D eigenvalue weighted by Crippen LogP contribution is 2.44. The number of aromatic amines is 1. The molecule has 19 heavy (non-hydrogen) atoms. The molecular weight excluding hydrogens is 279 g/mol. The van der Waals surface area contributed by atoms with E-state index in [1.165, 1.54) is 16.8 Å². The van der Waals surface area contributed by atoms with E-state index >= 15 is 0 Å². The molecule has 1 aromatic heterocycles. The number of fused-ring (bicyclic) bond motifs is 1. The number of nitrogens with zero attached hydrogens (tertiary/aromatic N) is 1. The maximum atomic E-state index is 11.6. The van der Waals surface area contributed by atoms with Gasteiger partial charge >= 0.3 is 13.9 Å². The molecule has 2 aliphatic rings. The zero-order valence-electron chi connectivity index (χ0n) is 9.46. The fraction of sp³-hybridized carbons (Fsp3) is 0.556. The van der Waals surface area contributed by atoms with Crippen LogP contribution >= 0.6 is 8.25 Å². The summed E-state index contributed by atoms with van der Waals surface area (Å²) < 4.78 is 27.1. The van der Waals surface area contributed by atoms with E-state index in [-0.39, 0.29) is 18.8 Å². The first-order valence-corrected chi connectivity index (χ1v) is 6.61. The molecule has 0 bridgehead atoms. The van der Waals surface area contributed by atoms with Crippen LogP contribution in [-0.4, -0.2) is 39.4 Å². The van der Waals surface area contributed by atoms with Gasteiger partial charge in [-0.15, -0.1) is 9.42 Å². The summed E-state index contributed by atoms with van der Waals surface area (Å²) in [7, 11) is -2.70. The Morgan fingerprint density at radius 2 is 2.21 bits per heavy atom. The maximum Gasteiger partial charge on any atom is 0.694 e. The molecule has 102 valence electrons. The molecule has 2 aliphatic heterocycles. The predicted molar refractivity (Wildman–Crippen MR) is 59.7 cm³/mol. The molecule has 1 aromatic rings. The van der Waals surface area contributed by atoms with Gasteiger partial charge in [-0.2, -0.15) is 0 Å². The largest absolute Gasteiger partial charge is 0.694 e. The molecule has 0 spiro atoms. The third-order valence-corrected chi connectivity index (χ3v) is 3.37. The van der Waals surface area contributed by atoms with Gasteiger partial charge in [0.1, 0.15) is 24.9 Å². The molecule has 2 fully saturated rings. The van der Waals surface area contributed by atoms with Gasteiger partial charge in [0.15, 0.2) is 6.23 Å². The van der Waals surface area contributed by atoms with E-state index < -0.39 is 31.8 Å². The minimum atomic E-state index is -2.70. The van der Waals surface area contributed by atoms with Crippen molar-refractivity contribution in [2.24, 2.45) is 0 Å². The Labute approximate surface area is 106 Å². The smallest absolute Gasteiger partial charge is 0.362 e. The molecule has 0 amide bonds. The van der Waals surface area contributed by atoms with Crippen molar-refractivity contribution >= 4 is 8.25 Å². The molecule has 0 aromatic carbocycles. The van der Waals surface area contributed by atoms with Crippen LogP contribution in [0.2, 0.25) is 0 Å². The standard InChI is InChI=1S/C9H9N2O7P/c12-5-1-2-11(9(13)10-5)8-7-6(18-7)4(17-8)3-16-19(14)15/h1-2,4,6-8H,3H2,(H-,10,12,13,14,15)/p+1/t4-,6+,7+,8-/m1/s1. The third-order valence-electron chi connectivity index (χ3n) is 3.00. The van der Waals surface area contributed by atoms with E-state index in [2.05, 4.69) is 9.51 Å². The van der Waals surface area contributed by atoms with Gasteiger partial charge in [0.25, 0.3) is 5.56 Å². The number of nitrogens with one attached hydrogen (secondary N) is 1. The van der Waals surface area contributed by atoms with Crippen LogP contribution < -0.4 is 11.2 Å². The van der Waals surface area contributed by atoms with Gasteiger partial charge in [-0.3, -0.25) is 14.3 Å². The lowest BCUT2D eigenvalue weighted by molar-refractivity contribution is -0.0823. The van der Waals surface area contributed by atoms with Crippen molar-refractivity contribution in [1.82, 2.24) is 9.55 Å². The fourth-order valence-electron chi connectivity index (χ4n) is 2.12. The summed E-state index contributed by atoms with van der Waals surface area (Å²) in [6, 6.07) is 1.20. The molecule has 0 saturated carbocycles. The van der Waals surface area contributed by atoms with Crippen molar-refractivity contribution in [2.75, 3.05) is 6.61 Å². The zero-order chi connectivity index (χ0) is 13.6. The quantitative estimate of drug-likeness (QED) is 0.531. The molecule has 5 atom stereocenters. The Morgan fingerprint density at radius 1 is 1.42 bits per heavy atom. The van der Waals surface area contributed by atoms with Crippen LogP contribution in [0.25, 0.3) is 0 Å². The minimum absolute atomic E-state index is 0.0958. The first-order valence-electron chi connectivity index (χ1n) is 5.48. The van der Waals surface area contributed by atoms with Gasteiger partial charge in [0.05, 0.1) is 0 Å². The number of rotatable bonds is 4. The second-order valence-electron chi connectivity index (χ2n) is 4.18. The number of hydrogen-bond acceptors (Lipinski definition) is 6. The summed E-state index contributed by atoms with van der Waals surface area (Å²) in [6.07, 6.45) is -0.438. The molecule has 0 radical (unpaired) electrons. The van der Waals surface area contributed by atoms with Crippen LogP contribution in [0.4, 0.5) is 0 Å². The van der Waals surface area contributed by atoms with Crippen molar-refractivity contribution < 1.29 is 23.5 Å². The first-order chi connectivity index (χ1) is 9.06. The maximum absolute atomic E-state index is 11.6. The normalized spacial score (nSPS) is 33.0. The van der Waals surface area contributed by atoms with Gasteiger partial charge in [0.2, 0.25) is 0 Å². The summed E-state index contributed by atoms with van der Waals surface area (Å²) in [4.78, 5) is 33.3. The van der Waals surface area contributed by atoms with Gasteiger partial charge in [0, 0.05) is 16.8 Å². The fourth-order valence-corrected chi connectivity index (χ4v) is 2.40. The Morgan fingerprint density at radius 3 is 2.89 bits per heavy atom. The van der Waals surface area contributed by atoms with E-state index in [0.29, 0.717) is 0 Å². The van der Waals surface area contributed by atoms with E-state index in [9.17, 15) is 14.2 Å². The van der Waals surface area contributed by atoms with Crippen LogP contribution in [0.1, 0.15) is 6.23 Å². The summed E-state index contributed by atoms with van der Waals surface area (Å²) in [5.74, 6) is 0. The van der Waals surface area contributed by atoms with Gasteiger partial charge in [-0.1, -0.05) is 0 Å². The Hall–Kier alpha value is -1.38. The summed E-state index contributed by atoms with van der Waals surface area (Å²) >= 11 is 0. The van der Waals surface area contributed by atoms with Gasteiger partial charge in [-0.05, 0) is 0 Å². The third kappa shape index (κ3) is 2.38. The molecule has 10 heteroatoms. The highest BCUT2D eigenvalue weighted by Gasteiger charge is 2.59. The van der Waals surface area contributed by atoms with Crippen LogP contribution in [0.3, 0.4) is 0 Å². The van der Waals surface area contributed by atoms with Crippen LogP contribution in [0.15, 0.2) is 21.9 Å². The van der Waals surface area contributed by atoms with Crippen LogP contribution in [-0.2, 0) is 18.6 Å². The summed E-state index contributed by atoms with van der Waals surface area (Å²) in [6.45, 7) is -0.0958. The predicted octanol–water partition coefficient (Wildman–Crippen LogP) is -1.13. The second-order valence-corrected chi connectivity index (χ2v) is 4.92. The molecule has 2 N–H and O–H groups in total. The van der Waals surface area contributed by atoms with Crippen molar-refractivity contribution in [1.29, 1.82) is 0 Å². The molecule has 3 rings (SSSR count). The van der Waals surface area contributed by atoms with Crippen molar-refractivity contribution in [2.45, 2.75) is 24.5 Å². The lowest BCUT2D eigenvalue weighted by atomic mass is 10.2. The molecule has 0 aliphatic carbocycles. The topological polar surface area (TPSA) is 123 Å². The lowest BCUT2D eigenvalue weighted by Gasteiger charge is -2.17. The molecule has 3 heterocycles. The van der Waals surface area contributed by atoms with Crippen molar-refractivity contribution in [3.05, 3.63) is 33.1 Å². The van der Waals surface area contributed by atoms with Crippen molar-refractivity contribution in [3.8, 4) is 0 Å². The van der Waals surface area contributed by atoms with Gasteiger partial charge < -0.3 is 9.47 Å². The lowest BCUT2D eigenvalue weighted by Crippen LogP contribution is -2.34.